The Morgan fingerprint density at radius 1 is 0.500 bits per heavy atom. The van der Waals surface area contributed by atoms with Gasteiger partial charge in [0.2, 0.25) is 0 Å². The maximum absolute atomic E-state index is 12.7. The van der Waals surface area contributed by atoms with Crippen LogP contribution in [0.2, 0.25) is 0 Å². The minimum Gasteiger partial charge on any atom is -0.657 e. The minimum absolute atomic E-state index is 0. The van der Waals surface area contributed by atoms with Crippen LogP contribution in [-0.2, 0) is 36.3 Å². The summed E-state index contributed by atoms with van der Waals surface area (Å²) in [6.07, 6.45) is 6.61. The van der Waals surface area contributed by atoms with Crippen LogP contribution in [0.1, 0.15) is 91.9 Å². The van der Waals surface area contributed by atoms with Crippen molar-refractivity contribution in [2.45, 2.75) is 27.7 Å². The molecule has 3 aromatic heterocycles. The second-order valence-electron chi connectivity index (χ2n) is 8.59. The standard InChI is InChI=1S/C28H21N4O4.Co.Ru/c1-13(33)25-17-5-7-19(29-17)26(14(2)34)21-9-11-23(31-21)28(16(4)36)24-12-10-22(32-24)27(15(3)35)20-8-6-18(25)30-20;;/h5-12H,1-4H3,(H-,29,30,31,32,33,34,35,36);;/q-1;;+2/p-1. The van der Waals surface area contributed by atoms with Crippen molar-refractivity contribution in [3.63, 3.8) is 0 Å². The Kier molecular flexibility index (Phi) is 8.41. The molecule has 0 atom stereocenters. The average molecular weight is 636 g/mol. The molecule has 0 amide bonds. The van der Waals surface area contributed by atoms with Crippen LogP contribution >= 0.6 is 0 Å². The van der Waals surface area contributed by atoms with E-state index < -0.39 is 0 Å². The van der Waals surface area contributed by atoms with Gasteiger partial charge in [0.25, 0.3) is 0 Å². The van der Waals surface area contributed by atoms with Crippen molar-refractivity contribution >= 4 is 69.5 Å². The van der Waals surface area contributed by atoms with E-state index in [4.69, 9.17) is 0 Å². The van der Waals surface area contributed by atoms with E-state index in [1.54, 1.807) is 48.6 Å². The van der Waals surface area contributed by atoms with Gasteiger partial charge in [0.15, 0.2) is 23.1 Å². The van der Waals surface area contributed by atoms with Crippen molar-refractivity contribution in [2.75, 3.05) is 0 Å². The molecular formula is C28H20CoN4O4Ru. The van der Waals surface area contributed by atoms with Crippen molar-refractivity contribution in [1.82, 2.24) is 19.9 Å². The normalized spacial score (nSPS) is 11.5. The number of fused-ring (bicyclic) bond motifs is 8. The van der Waals surface area contributed by atoms with Gasteiger partial charge in [-0.3, -0.25) is 19.2 Å². The first-order valence-corrected chi connectivity index (χ1v) is 11.2. The van der Waals surface area contributed by atoms with Crippen LogP contribution in [0.4, 0.5) is 0 Å². The quantitative estimate of drug-likeness (QED) is 0.205. The van der Waals surface area contributed by atoms with Crippen LogP contribution < -0.4 is 9.97 Å². The van der Waals surface area contributed by atoms with Gasteiger partial charge in [-0.2, -0.15) is 0 Å². The van der Waals surface area contributed by atoms with E-state index in [0.29, 0.717) is 44.8 Å². The second-order valence-corrected chi connectivity index (χ2v) is 8.59. The summed E-state index contributed by atoms with van der Waals surface area (Å²) >= 11 is 0. The van der Waals surface area contributed by atoms with E-state index in [2.05, 4.69) is 19.9 Å². The molecule has 0 saturated carbocycles. The molecular weight excluding hydrogens is 616 g/mol. The summed E-state index contributed by atoms with van der Waals surface area (Å²) in [5.41, 5.74) is 3.92. The smallest absolute Gasteiger partial charge is 0.657 e. The van der Waals surface area contributed by atoms with Gasteiger partial charge < -0.3 is 9.97 Å². The maximum Gasteiger partial charge on any atom is 2.00 e. The van der Waals surface area contributed by atoms with Crippen molar-refractivity contribution in [3.8, 4) is 0 Å². The molecule has 5 heterocycles. The van der Waals surface area contributed by atoms with E-state index in [1.807, 2.05) is 0 Å². The summed E-state index contributed by atoms with van der Waals surface area (Å²) in [6, 6.07) is 6.61. The Morgan fingerprint density at radius 3 is 0.895 bits per heavy atom. The molecule has 8 bridgehead atoms. The summed E-state index contributed by atoms with van der Waals surface area (Å²) in [4.78, 5) is 68.9. The van der Waals surface area contributed by atoms with Gasteiger partial charge in [0.05, 0.1) is 22.8 Å². The second kappa shape index (κ2) is 11.0. The predicted molar refractivity (Wildman–Crippen MR) is 137 cm³/mol. The van der Waals surface area contributed by atoms with Gasteiger partial charge in [0.1, 0.15) is 0 Å². The molecule has 0 unspecified atom stereocenters. The first-order chi connectivity index (χ1) is 17.2. The van der Waals surface area contributed by atoms with Gasteiger partial charge in [-0.1, -0.05) is 24.3 Å². The molecule has 0 N–H and O–H groups in total. The molecule has 2 aliphatic heterocycles. The van der Waals surface area contributed by atoms with Crippen molar-refractivity contribution in [1.29, 1.82) is 0 Å². The molecule has 193 valence electrons. The summed E-state index contributed by atoms with van der Waals surface area (Å²) in [5.74, 6) is -1.05. The Bertz CT molecular complexity index is 1520. The van der Waals surface area contributed by atoms with Gasteiger partial charge >= 0.3 is 19.5 Å². The number of hydrogen-bond donors (Lipinski definition) is 0. The van der Waals surface area contributed by atoms with Crippen molar-refractivity contribution in [2.24, 2.45) is 0 Å². The number of ketones is 4. The molecule has 0 aliphatic carbocycles. The third-order valence-corrected chi connectivity index (χ3v) is 6.02. The van der Waals surface area contributed by atoms with Crippen LogP contribution in [0.25, 0.3) is 46.4 Å². The molecule has 5 rings (SSSR count). The summed E-state index contributed by atoms with van der Waals surface area (Å²) in [7, 11) is 0. The number of hydrogen-bond acceptors (Lipinski definition) is 6. The number of aromatic nitrogens is 4. The summed E-state index contributed by atoms with van der Waals surface area (Å²) in [6.45, 7) is 5.65. The van der Waals surface area contributed by atoms with Gasteiger partial charge in [-0.25, -0.2) is 9.97 Å². The summed E-state index contributed by atoms with van der Waals surface area (Å²) in [5, 5.41) is 0. The number of carbonyl (C=O) groups excluding carboxylic acids is 4. The number of rotatable bonds is 4. The van der Waals surface area contributed by atoms with Crippen molar-refractivity contribution < 1.29 is 55.4 Å². The van der Waals surface area contributed by atoms with Crippen LogP contribution in [0.3, 0.4) is 0 Å². The Labute approximate surface area is 241 Å². The maximum atomic E-state index is 12.7. The molecule has 2 aliphatic rings. The van der Waals surface area contributed by atoms with E-state index in [1.165, 1.54) is 27.7 Å². The SMILES string of the molecule is CC(=O)c1c2nc(c(C(C)=O)c3ccc([n-]3)c(C(C)=O)c3nc(c(C(C)=O)c4ccc1[n-]4)C=C3)C=C2.[Co].[Ru+2]. The fraction of sp³-hybridized carbons (Fsp3) is 0.143. The fourth-order valence-corrected chi connectivity index (χ4v) is 4.53. The van der Waals surface area contributed by atoms with Gasteiger partial charge in [0, 0.05) is 39.0 Å². The molecule has 0 saturated heterocycles. The molecule has 3 aromatic rings. The monoisotopic (exact) mass is 637 g/mol. The molecule has 0 aromatic carbocycles. The molecule has 38 heavy (non-hydrogen) atoms. The van der Waals surface area contributed by atoms with Crippen LogP contribution in [0.15, 0.2) is 24.3 Å². The third kappa shape index (κ3) is 4.95. The number of carbonyl (C=O) groups is 4. The largest absolute Gasteiger partial charge is 2.00 e. The molecule has 1 radical (unpaired) electrons. The van der Waals surface area contributed by atoms with E-state index in [0.717, 1.165) is 0 Å². The van der Waals surface area contributed by atoms with Crippen LogP contribution in [0.5, 0.6) is 0 Å². The summed E-state index contributed by atoms with van der Waals surface area (Å²) < 4.78 is 0. The zero-order valence-electron chi connectivity index (χ0n) is 20.7. The first kappa shape index (κ1) is 29.0. The predicted octanol–water partition coefficient (Wildman–Crippen LogP) is 4.72. The molecule has 10 heteroatoms. The molecule has 0 spiro atoms. The third-order valence-electron chi connectivity index (χ3n) is 6.02. The number of nitrogens with zero attached hydrogens (tertiary/aromatic N) is 4. The zero-order chi connectivity index (χ0) is 25.7. The average Bonchev–Trinajstić information content (AvgIpc) is 3.57. The van der Waals surface area contributed by atoms with Gasteiger partial charge in [-0.05, 0) is 52.0 Å². The Balaban J connectivity index is 0.00000200. The van der Waals surface area contributed by atoms with E-state index >= 15 is 0 Å². The zero-order valence-corrected chi connectivity index (χ0v) is 23.5. The fourth-order valence-electron chi connectivity index (χ4n) is 4.53. The Morgan fingerprint density at radius 2 is 0.711 bits per heavy atom. The van der Waals surface area contributed by atoms with E-state index in [9.17, 15) is 19.2 Å². The topological polar surface area (TPSA) is 122 Å². The Hall–Kier alpha value is -3.59. The van der Waals surface area contributed by atoms with Gasteiger partial charge in [-0.15, -0.1) is 22.1 Å². The number of Topliss-reactive ketones (excluding diaryl/α,β-unsaturated/α-hetero) is 4. The van der Waals surface area contributed by atoms with Crippen LogP contribution in [0, 0.1) is 0 Å². The molecule has 0 fully saturated rings. The molecule has 8 nitrogen and oxygen atoms in total. The first-order valence-electron chi connectivity index (χ1n) is 11.2. The minimum atomic E-state index is -0.262. The van der Waals surface area contributed by atoms with Crippen molar-refractivity contribution in [3.05, 3.63) is 69.3 Å². The van der Waals surface area contributed by atoms with Crippen LogP contribution in [-0.4, -0.2) is 33.1 Å². The van der Waals surface area contributed by atoms with E-state index in [-0.39, 0.29) is 81.6 Å².